The molecule has 0 saturated carbocycles. The molecule has 3 saturated heterocycles. The molecule has 0 aliphatic carbocycles. The maximum absolute atomic E-state index is 10.6. The minimum Gasteiger partial charge on any atom is -0.475 e. The second kappa shape index (κ2) is 14.4. The molecule has 40 heavy (non-hydrogen) atoms. The smallest absolute Gasteiger partial charge is 0.475 e. The van der Waals surface area contributed by atoms with Crippen molar-refractivity contribution in [3.63, 3.8) is 0 Å². The van der Waals surface area contributed by atoms with Crippen molar-refractivity contribution in [1.82, 2.24) is 15.0 Å². The average Bonchev–Trinajstić information content (AvgIpc) is 3.31. The summed E-state index contributed by atoms with van der Waals surface area (Å²) in [6, 6.07) is 0. The molecule has 2 atom stereocenters. The number of carboxylic acids is 2. The summed E-state index contributed by atoms with van der Waals surface area (Å²) in [5, 5.41) is 18.3. The summed E-state index contributed by atoms with van der Waals surface area (Å²) in [5.41, 5.74) is 2.01. The molecule has 17 heteroatoms. The summed E-state index contributed by atoms with van der Waals surface area (Å²) >= 11 is 0. The Morgan fingerprint density at radius 3 is 1.98 bits per heavy atom. The number of aryl methyl sites for hydroxylation is 2. The number of halogens is 6. The number of aliphatic carboxylic acids is 2. The zero-order chi connectivity index (χ0) is 30.1. The van der Waals surface area contributed by atoms with E-state index in [1.54, 1.807) is 0 Å². The summed E-state index contributed by atoms with van der Waals surface area (Å²) in [4.78, 5) is 22.7. The van der Waals surface area contributed by atoms with E-state index in [1.807, 2.05) is 13.8 Å². The molecule has 0 radical (unpaired) electrons. The fourth-order valence-electron chi connectivity index (χ4n) is 4.39. The third-order valence-corrected chi connectivity index (χ3v) is 6.38. The predicted octanol–water partition coefficient (Wildman–Crippen LogP) is 2.64. The number of ether oxygens (including phenoxy) is 3. The lowest BCUT2D eigenvalue weighted by molar-refractivity contribution is -0.193. The number of nitrogens with zero attached hydrogens (tertiary/aromatic N) is 3. The Kier molecular flexibility index (Phi) is 12.2. The first-order valence-electron chi connectivity index (χ1n) is 12.3. The van der Waals surface area contributed by atoms with Crippen LogP contribution in [0.2, 0.25) is 0 Å². The van der Waals surface area contributed by atoms with Gasteiger partial charge in [0.2, 0.25) is 0 Å². The molecule has 2 N–H and O–H groups in total. The third kappa shape index (κ3) is 10.8. The summed E-state index contributed by atoms with van der Waals surface area (Å²) in [6.07, 6.45) is -7.68. The highest BCUT2D eigenvalue weighted by Gasteiger charge is 2.43. The van der Waals surface area contributed by atoms with E-state index in [4.69, 9.17) is 38.5 Å². The summed E-state index contributed by atoms with van der Waals surface area (Å²) in [6.45, 7) is 12.9. The Hall–Kier alpha value is -2.47. The van der Waals surface area contributed by atoms with Gasteiger partial charge in [0, 0.05) is 44.8 Å². The summed E-state index contributed by atoms with van der Waals surface area (Å²) in [7, 11) is 0. The maximum Gasteiger partial charge on any atom is 0.490 e. The van der Waals surface area contributed by atoms with Crippen LogP contribution >= 0.6 is 0 Å². The van der Waals surface area contributed by atoms with Gasteiger partial charge in [-0.25, -0.2) is 9.59 Å². The minimum atomic E-state index is -5.08. The van der Waals surface area contributed by atoms with E-state index in [0.717, 1.165) is 83.4 Å². The molecule has 11 nitrogen and oxygen atoms in total. The predicted molar refractivity (Wildman–Crippen MR) is 124 cm³/mol. The molecule has 4 rings (SSSR count). The monoisotopic (exact) mass is 593 g/mol. The molecule has 230 valence electrons. The van der Waals surface area contributed by atoms with Crippen molar-refractivity contribution in [2.24, 2.45) is 0 Å². The lowest BCUT2D eigenvalue weighted by atomic mass is 9.99. The molecular weight excluding hydrogens is 560 g/mol. The van der Waals surface area contributed by atoms with Gasteiger partial charge >= 0.3 is 24.3 Å². The SMILES string of the molecule is Cc1noc(C)c1CN1CCOC[C@@]2(CC[C@H](CN3CCOCC3)O2)C1.O=C(O)C(F)(F)F.O=C(O)C(F)(F)F. The molecule has 0 unspecified atom stereocenters. The number of hydrogen-bond acceptors (Lipinski definition) is 9. The molecule has 3 aliphatic heterocycles. The Labute approximate surface area is 225 Å². The van der Waals surface area contributed by atoms with Gasteiger partial charge in [0.25, 0.3) is 0 Å². The molecule has 3 aliphatic rings. The van der Waals surface area contributed by atoms with Crippen LogP contribution in [0.25, 0.3) is 0 Å². The number of aromatic nitrogens is 1. The third-order valence-electron chi connectivity index (χ3n) is 6.38. The van der Waals surface area contributed by atoms with Crippen LogP contribution in [0.5, 0.6) is 0 Å². The van der Waals surface area contributed by atoms with Crippen molar-refractivity contribution >= 4 is 11.9 Å². The highest BCUT2D eigenvalue weighted by molar-refractivity contribution is 5.73. The molecule has 1 aromatic heterocycles. The van der Waals surface area contributed by atoms with E-state index in [1.165, 1.54) is 5.56 Å². The molecule has 0 aromatic carbocycles. The van der Waals surface area contributed by atoms with E-state index >= 15 is 0 Å². The van der Waals surface area contributed by atoms with Gasteiger partial charge in [0.15, 0.2) is 0 Å². The van der Waals surface area contributed by atoms with E-state index < -0.39 is 24.3 Å². The average molecular weight is 594 g/mol. The lowest BCUT2D eigenvalue weighted by Crippen LogP contribution is -2.46. The molecule has 0 amide bonds. The number of carbonyl (C=O) groups is 2. The first-order chi connectivity index (χ1) is 18.5. The molecule has 4 heterocycles. The van der Waals surface area contributed by atoms with Gasteiger partial charge in [-0.05, 0) is 26.7 Å². The van der Waals surface area contributed by atoms with Gasteiger partial charge in [-0.15, -0.1) is 0 Å². The molecule has 1 aromatic rings. The Balaban J connectivity index is 0.000000333. The normalized spacial score (nSPS) is 24.4. The van der Waals surface area contributed by atoms with Crippen LogP contribution in [0.4, 0.5) is 26.3 Å². The second-order valence-electron chi connectivity index (χ2n) is 9.55. The number of alkyl halides is 6. The standard InChI is InChI=1S/C19H31N3O4.2C2HF3O2/c1-15-18(16(2)26-20-15)12-22-7-10-24-14-19(13-22)4-3-17(25-19)11-21-5-8-23-9-6-21;2*3-2(4,5)1(6)7/h17H,3-14H2,1-2H3;2*(H,6,7)/t17-,19-;;/m1../s1. The van der Waals surface area contributed by atoms with Crippen LogP contribution in [0.3, 0.4) is 0 Å². The number of hydrogen-bond donors (Lipinski definition) is 2. The van der Waals surface area contributed by atoms with Crippen molar-refractivity contribution in [3.05, 3.63) is 17.0 Å². The fourth-order valence-corrected chi connectivity index (χ4v) is 4.39. The topological polar surface area (TPSA) is 135 Å². The quantitative estimate of drug-likeness (QED) is 0.499. The van der Waals surface area contributed by atoms with Gasteiger partial charge in [0.1, 0.15) is 11.4 Å². The van der Waals surface area contributed by atoms with Gasteiger partial charge in [-0.1, -0.05) is 5.16 Å². The zero-order valence-corrected chi connectivity index (χ0v) is 22.0. The Morgan fingerprint density at radius 1 is 0.950 bits per heavy atom. The van der Waals surface area contributed by atoms with Crippen molar-refractivity contribution in [3.8, 4) is 0 Å². The highest BCUT2D eigenvalue weighted by atomic mass is 19.4. The summed E-state index contributed by atoms with van der Waals surface area (Å²) < 4.78 is 86.8. The van der Waals surface area contributed by atoms with Crippen molar-refractivity contribution in [2.75, 3.05) is 59.2 Å². The summed E-state index contributed by atoms with van der Waals surface area (Å²) in [5.74, 6) is -4.60. The minimum absolute atomic E-state index is 0.174. The van der Waals surface area contributed by atoms with Gasteiger partial charge in [0.05, 0.1) is 38.2 Å². The van der Waals surface area contributed by atoms with E-state index in [0.29, 0.717) is 12.7 Å². The van der Waals surface area contributed by atoms with Crippen LogP contribution in [-0.2, 0) is 30.3 Å². The molecule has 3 fully saturated rings. The highest BCUT2D eigenvalue weighted by Crippen LogP contribution is 2.34. The largest absolute Gasteiger partial charge is 0.490 e. The number of carboxylic acid groups (broad SMARTS) is 2. The number of morpholine rings is 1. The lowest BCUT2D eigenvalue weighted by Gasteiger charge is -2.33. The van der Waals surface area contributed by atoms with Gasteiger partial charge < -0.3 is 28.9 Å². The first-order valence-corrected chi connectivity index (χ1v) is 12.3. The first kappa shape index (κ1) is 33.7. The van der Waals surface area contributed by atoms with Crippen LogP contribution in [0, 0.1) is 13.8 Å². The van der Waals surface area contributed by atoms with Crippen LogP contribution < -0.4 is 0 Å². The Morgan fingerprint density at radius 2 is 1.48 bits per heavy atom. The maximum atomic E-state index is 10.6. The van der Waals surface area contributed by atoms with Crippen LogP contribution in [0.1, 0.15) is 29.9 Å². The van der Waals surface area contributed by atoms with Crippen LogP contribution in [-0.4, -0.2) is 120 Å². The van der Waals surface area contributed by atoms with Gasteiger partial charge in [-0.2, -0.15) is 26.3 Å². The van der Waals surface area contributed by atoms with Gasteiger partial charge in [-0.3, -0.25) is 9.80 Å². The van der Waals surface area contributed by atoms with Crippen molar-refractivity contribution in [2.45, 2.75) is 57.3 Å². The Bertz CT molecular complexity index is 924. The molecule has 1 spiro atoms. The van der Waals surface area contributed by atoms with Crippen molar-refractivity contribution in [1.29, 1.82) is 0 Å². The van der Waals surface area contributed by atoms with E-state index in [9.17, 15) is 26.3 Å². The van der Waals surface area contributed by atoms with Crippen molar-refractivity contribution < 1.29 is 64.9 Å². The van der Waals surface area contributed by atoms with E-state index in [2.05, 4.69) is 15.0 Å². The number of rotatable bonds is 4. The van der Waals surface area contributed by atoms with Crippen LogP contribution in [0.15, 0.2) is 4.52 Å². The van der Waals surface area contributed by atoms with E-state index in [-0.39, 0.29) is 5.60 Å². The zero-order valence-electron chi connectivity index (χ0n) is 22.0. The fraction of sp³-hybridized carbons (Fsp3) is 0.783. The second-order valence-corrected chi connectivity index (χ2v) is 9.55. The molecular formula is C23H33F6N3O8. The molecule has 0 bridgehead atoms.